The fourth-order valence-electron chi connectivity index (χ4n) is 5.48. The van der Waals surface area contributed by atoms with Crippen molar-refractivity contribution >= 4 is 5.71 Å². The molecule has 3 aliphatic rings. The maximum atomic E-state index is 9.12. The van der Waals surface area contributed by atoms with Gasteiger partial charge in [0.05, 0.1) is 5.71 Å². The van der Waals surface area contributed by atoms with Gasteiger partial charge in [0.2, 0.25) is 0 Å². The van der Waals surface area contributed by atoms with Gasteiger partial charge in [-0.1, -0.05) is 19.0 Å². The highest BCUT2D eigenvalue weighted by Crippen LogP contribution is 2.72. The molecule has 3 aliphatic carbocycles. The number of rotatable bonds is 1. The van der Waals surface area contributed by atoms with Crippen molar-refractivity contribution in [2.75, 3.05) is 0 Å². The van der Waals surface area contributed by atoms with Gasteiger partial charge in [-0.05, 0) is 62.2 Å². The molecule has 2 nitrogen and oxygen atoms in total. The summed E-state index contributed by atoms with van der Waals surface area (Å²) in [6.45, 7) is 6.77. The molecular formula is C14H23NO. The molecule has 2 heteroatoms. The van der Waals surface area contributed by atoms with E-state index in [4.69, 9.17) is 5.21 Å². The van der Waals surface area contributed by atoms with Crippen LogP contribution in [0.25, 0.3) is 0 Å². The molecule has 3 fully saturated rings. The Hall–Kier alpha value is -0.530. The number of nitrogens with zero attached hydrogens (tertiary/aromatic N) is 1. The molecule has 90 valence electrons. The van der Waals surface area contributed by atoms with Gasteiger partial charge < -0.3 is 5.21 Å². The van der Waals surface area contributed by atoms with Crippen LogP contribution in [0, 0.1) is 28.6 Å². The van der Waals surface area contributed by atoms with E-state index in [1.165, 1.54) is 32.1 Å². The lowest BCUT2D eigenvalue weighted by molar-refractivity contribution is 0.140. The number of fused-ring (bicyclic) bond motifs is 1. The quantitative estimate of drug-likeness (QED) is 0.409. The van der Waals surface area contributed by atoms with Crippen LogP contribution in [0.15, 0.2) is 5.16 Å². The standard InChI is InChI=1S/C14H23NO/c1-9-7-13(3,10(2)15-16)12-6-11-4-5-14(9,12)8-11/h9,11-12,16H,4-8H2,1-3H3/t9?,11-,12?,13?,14-/m0/s1. The van der Waals surface area contributed by atoms with Crippen LogP contribution in [0.2, 0.25) is 0 Å². The van der Waals surface area contributed by atoms with E-state index in [9.17, 15) is 0 Å². The third-order valence-electron chi connectivity index (χ3n) is 6.41. The second kappa shape index (κ2) is 3.02. The zero-order valence-corrected chi connectivity index (χ0v) is 10.7. The molecule has 3 rings (SSSR count). The minimum atomic E-state index is 0.170. The van der Waals surface area contributed by atoms with E-state index in [1.807, 2.05) is 6.92 Å². The van der Waals surface area contributed by atoms with Crippen molar-refractivity contribution in [1.29, 1.82) is 0 Å². The first-order valence-electron chi connectivity index (χ1n) is 6.72. The van der Waals surface area contributed by atoms with Crippen LogP contribution >= 0.6 is 0 Å². The molecule has 0 amide bonds. The van der Waals surface area contributed by atoms with Crippen LogP contribution in [-0.2, 0) is 0 Å². The van der Waals surface area contributed by atoms with Gasteiger partial charge >= 0.3 is 0 Å². The topological polar surface area (TPSA) is 32.6 Å². The van der Waals surface area contributed by atoms with Crippen molar-refractivity contribution in [1.82, 2.24) is 0 Å². The normalized spacial score (nSPS) is 55.7. The summed E-state index contributed by atoms with van der Waals surface area (Å²) in [7, 11) is 0. The highest BCUT2D eigenvalue weighted by atomic mass is 16.4. The highest BCUT2D eigenvalue weighted by molar-refractivity contribution is 5.88. The van der Waals surface area contributed by atoms with Crippen LogP contribution in [0.3, 0.4) is 0 Å². The molecule has 2 bridgehead atoms. The Morgan fingerprint density at radius 3 is 2.75 bits per heavy atom. The van der Waals surface area contributed by atoms with Crippen molar-refractivity contribution in [3.05, 3.63) is 0 Å². The van der Waals surface area contributed by atoms with Crippen LogP contribution in [0.5, 0.6) is 0 Å². The van der Waals surface area contributed by atoms with Crippen molar-refractivity contribution in [3.63, 3.8) is 0 Å². The average molecular weight is 221 g/mol. The van der Waals surface area contributed by atoms with Gasteiger partial charge in [0, 0.05) is 5.41 Å². The molecule has 0 radical (unpaired) electrons. The fraction of sp³-hybridized carbons (Fsp3) is 0.929. The molecule has 1 N–H and O–H groups in total. The maximum Gasteiger partial charge on any atom is 0.0601 e. The monoisotopic (exact) mass is 221 g/mol. The summed E-state index contributed by atoms with van der Waals surface area (Å²) in [5.41, 5.74) is 1.74. The Balaban J connectivity index is 2.02. The van der Waals surface area contributed by atoms with E-state index in [-0.39, 0.29) is 5.41 Å². The molecule has 3 unspecified atom stereocenters. The van der Waals surface area contributed by atoms with Crippen LogP contribution in [0.1, 0.15) is 52.9 Å². The predicted molar refractivity (Wildman–Crippen MR) is 64.7 cm³/mol. The molecule has 5 atom stereocenters. The predicted octanol–water partition coefficient (Wildman–Crippen LogP) is 3.69. The van der Waals surface area contributed by atoms with E-state index in [0.29, 0.717) is 5.41 Å². The van der Waals surface area contributed by atoms with Crippen molar-refractivity contribution in [2.45, 2.75) is 52.9 Å². The summed E-state index contributed by atoms with van der Waals surface area (Å²) in [5.74, 6) is 2.56. The van der Waals surface area contributed by atoms with E-state index in [2.05, 4.69) is 19.0 Å². The third kappa shape index (κ3) is 1.01. The first-order valence-corrected chi connectivity index (χ1v) is 6.72. The van der Waals surface area contributed by atoms with Gasteiger partial charge in [-0.3, -0.25) is 0 Å². The van der Waals surface area contributed by atoms with Gasteiger partial charge in [0.1, 0.15) is 0 Å². The van der Waals surface area contributed by atoms with Gasteiger partial charge in [-0.2, -0.15) is 0 Å². The summed E-state index contributed by atoms with van der Waals surface area (Å²) in [6.07, 6.45) is 6.94. The first kappa shape index (κ1) is 10.6. The summed E-state index contributed by atoms with van der Waals surface area (Å²) >= 11 is 0. The summed E-state index contributed by atoms with van der Waals surface area (Å²) < 4.78 is 0. The number of hydrogen-bond donors (Lipinski definition) is 1. The first-order chi connectivity index (χ1) is 7.53. The van der Waals surface area contributed by atoms with E-state index >= 15 is 0 Å². The van der Waals surface area contributed by atoms with Gasteiger partial charge in [-0.15, -0.1) is 0 Å². The molecule has 0 aromatic carbocycles. The molecule has 0 heterocycles. The third-order valence-corrected chi connectivity index (χ3v) is 6.41. The lowest BCUT2D eigenvalue weighted by Gasteiger charge is -2.38. The SMILES string of the molecule is CC(=NO)C1(C)CC(C)[C@@]23CC[C@@H](CC12)C3. The molecular weight excluding hydrogens is 198 g/mol. The Kier molecular flexibility index (Phi) is 2.01. The number of hydrogen-bond acceptors (Lipinski definition) is 2. The van der Waals surface area contributed by atoms with Crippen LogP contribution < -0.4 is 0 Å². The Bertz CT molecular complexity index is 351. The Morgan fingerprint density at radius 2 is 2.12 bits per heavy atom. The second-order valence-corrected chi connectivity index (χ2v) is 6.84. The molecule has 0 saturated heterocycles. The summed E-state index contributed by atoms with van der Waals surface area (Å²) in [4.78, 5) is 0. The average Bonchev–Trinajstić information content (AvgIpc) is 2.90. The van der Waals surface area contributed by atoms with Crippen molar-refractivity contribution < 1.29 is 5.21 Å². The van der Waals surface area contributed by atoms with Gasteiger partial charge in [-0.25, -0.2) is 0 Å². The van der Waals surface area contributed by atoms with Crippen molar-refractivity contribution in [3.8, 4) is 0 Å². The van der Waals surface area contributed by atoms with E-state index < -0.39 is 0 Å². The van der Waals surface area contributed by atoms with Gasteiger partial charge in [0.25, 0.3) is 0 Å². The summed E-state index contributed by atoms with van der Waals surface area (Å²) in [5, 5.41) is 12.7. The molecule has 16 heavy (non-hydrogen) atoms. The Labute approximate surface area is 98.1 Å². The molecule has 0 aromatic heterocycles. The minimum absolute atomic E-state index is 0.170. The minimum Gasteiger partial charge on any atom is -0.411 e. The summed E-state index contributed by atoms with van der Waals surface area (Å²) in [6, 6.07) is 0. The maximum absolute atomic E-state index is 9.12. The van der Waals surface area contributed by atoms with Gasteiger partial charge in [0.15, 0.2) is 0 Å². The zero-order chi connectivity index (χ0) is 11.6. The fourth-order valence-corrected chi connectivity index (χ4v) is 5.48. The second-order valence-electron chi connectivity index (χ2n) is 6.84. The van der Waals surface area contributed by atoms with Crippen LogP contribution in [0.4, 0.5) is 0 Å². The zero-order valence-electron chi connectivity index (χ0n) is 10.7. The largest absolute Gasteiger partial charge is 0.411 e. The molecule has 3 saturated carbocycles. The number of oxime groups is 1. The lowest BCUT2D eigenvalue weighted by Crippen LogP contribution is -2.35. The van der Waals surface area contributed by atoms with E-state index in [0.717, 1.165) is 23.5 Å². The van der Waals surface area contributed by atoms with E-state index in [1.54, 1.807) is 0 Å². The molecule has 0 aliphatic heterocycles. The highest BCUT2D eigenvalue weighted by Gasteiger charge is 2.65. The van der Waals surface area contributed by atoms with Crippen LogP contribution in [-0.4, -0.2) is 10.9 Å². The van der Waals surface area contributed by atoms with Crippen molar-refractivity contribution in [2.24, 2.45) is 33.7 Å². The smallest absolute Gasteiger partial charge is 0.0601 e. The molecule has 1 spiro atoms. The Morgan fingerprint density at radius 1 is 1.38 bits per heavy atom. The molecule has 0 aromatic rings. The lowest BCUT2D eigenvalue weighted by atomic mass is 9.66.